The predicted octanol–water partition coefficient (Wildman–Crippen LogP) is 2.72. The first kappa shape index (κ1) is 16.5. The molecule has 0 unspecified atom stereocenters. The second kappa shape index (κ2) is 7.97. The molecule has 4 nitrogen and oxygen atoms in total. The Kier molecular flexibility index (Phi) is 5.99. The van der Waals surface area contributed by atoms with E-state index in [1.165, 1.54) is 18.4 Å². The van der Waals surface area contributed by atoms with Crippen LogP contribution in [-0.4, -0.2) is 47.8 Å². The molecule has 0 atom stereocenters. The number of hydrogen-bond acceptors (Lipinski definition) is 2. The minimum atomic E-state index is 0.0763. The summed E-state index contributed by atoms with van der Waals surface area (Å²) in [5.41, 5.74) is 2.04. The van der Waals surface area contributed by atoms with Gasteiger partial charge in [0.1, 0.15) is 0 Å². The van der Waals surface area contributed by atoms with Crippen LogP contribution in [0, 0.1) is 0 Å². The van der Waals surface area contributed by atoms with E-state index in [2.05, 4.69) is 19.1 Å². The Bertz CT molecular complexity index is 510. The molecular weight excluding hydrogens is 276 g/mol. The highest BCUT2D eigenvalue weighted by Crippen LogP contribution is 2.12. The lowest BCUT2D eigenvalue weighted by molar-refractivity contribution is -0.128. The quantitative estimate of drug-likeness (QED) is 0.858. The highest BCUT2D eigenvalue weighted by atomic mass is 16.2. The number of carbonyl (C=O) groups excluding carboxylic acids is 2. The number of benzene rings is 1. The molecule has 1 saturated heterocycles. The normalized spacial score (nSPS) is 15.5. The summed E-state index contributed by atoms with van der Waals surface area (Å²) in [7, 11) is 0. The van der Waals surface area contributed by atoms with Crippen molar-refractivity contribution in [1.29, 1.82) is 0 Å². The molecule has 0 N–H and O–H groups in total. The Morgan fingerprint density at radius 3 is 2.27 bits per heavy atom. The zero-order valence-electron chi connectivity index (χ0n) is 13.7. The Hall–Kier alpha value is -1.84. The van der Waals surface area contributed by atoms with Crippen molar-refractivity contribution < 1.29 is 9.59 Å². The van der Waals surface area contributed by atoms with Crippen LogP contribution in [0.4, 0.5) is 0 Å². The summed E-state index contributed by atoms with van der Waals surface area (Å²) in [6.07, 6.45) is 4.28. The van der Waals surface area contributed by atoms with Crippen LogP contribution in [0.5, 0.6) is 0 Å². The largest absolute Gasteiger partial charge is 0.341 e. The van der Waals surface area contributed by atoms with Gasteiger partial charge >= 0.3 is 0 Å². The number of aryl methyl sites for hydroxylation is 1. The van der Waals surface area contributed by atoms with Crippen LogP contribution in [0.25, 0.3) is 0 Å². The lowest BCUT2D eigenvalue weighted by Gasteiger charge is -2.21. The van der Waals surface area contributed by atoms with Gasteiger partial charge in [-0.25, -0.2) is 0 Å². The maximum absolute atomic E-state index is 12.6. The van der Waals surface area contributed by atoms with Gasteiger partial charge in [0.25, 0.3) is 5.91 Å². The number of hydrogen-bond donors (Lipinski definition) is 0. The van der Waals surface area contributed by atoms with Gasteiger partial charge in [0.2, 0.25) is 5.91 Å². The zero-order chi connectivity index (χ0) is 15.9. The maximum atomic E-state index is 12.6. The van der Waals surface area contributed by atoms with E-state index in [9.17, 15) is 9.59 Å². The SMILES string of the molecule is CCCCc1ccc(C(=O)N2CCCN(C(C)=O)CC2)cc1. The van der Waals surface area contributed by atoms with E-state index >= 15 is 0 Å². The number of nitrogens with zero attached hydrogens (tertiary/aromatic N) is 2. The van der Waals surface area contributed by atoms with Crippen molar-refractivity contribution >= 4 is 11.8 Å². The molecule has 0 radical (unpaired) electrons. The van der Waals surface area contributed by atoms with E-state index in [0.29, 0.717) is 13.1 Å². The first-order valence-corrected chi connectivity index (χ1v) is 8.25. The Balaban J connectivity index is 1.97. The first-order chi connectivity index (χ1) is 10.6. The summed E-state index contributed by atoms with van der Waals surface area (Å²) in [5, 5.41) is 0. The van der Waals surface area contributed by atoms with Crippen molar-refractivity contribution in [3.05, 3.63) is 35.4 Å². The first-order valence-electron chi connectivity index (χ1n) is 8.25. The molecule has 1 aromatic carbocycles. The van der Waals surface area contributed by atoms with E-state index in [0.717, 1.165) is 31.5 Å². The Morgan fingerprint density at radius 1 is 1.00 bits per heavy atom. The average molecular weight is 302 g/mol. The number of amides is 2. The monoisotopic (exact) mass is 302 g/mol. The van der Waals surface area contributed by atoms with Crippen LogP contribution >= 0.6 is 0 Å². The molecule has 2 amide bonds. The van der Waals surface area contributed by atoms with Gasteiger partial charge in [-0.1, -0.05) is 25.5 Å². The number of carbonyl (C=O) groups is 2. The minimum Gasteiger partial charge on any atom is -0.341 e. The highest BCUT2D eigenvalue weighted by molar-refractivity contribution is 5.94. The lowest BCUT2D eigenvalue weighted by Crippen LogP contribution is -2.36. The van der Waals surface area contributed by atoms with Crippen LogP contribution in [0.3, 0.4) is 0 Å². The molecule has 0 saturated carbocycles. The molecule has 1 aliphatic heterocycles. The fraction of sp³-hybridized carbons (Fsp3) is 0.556. The minimum absolute atomic E-state index is 0.0763. The molecule has 1 aliphatic rings. The van der Waals surface area contributed by atoms with Crippen LogP contribution < -0.4 is 0 Å². The van der Waals surface area contributed by atoms with E-state index in [-0.39, 0.29) is 11.8 Å². The van der Waals surface area contributed by atoms with E-state index < -0.39 is 0 Å². The molecule has 1 heterocycles. The van der Waals surface area contributed by atoms with E-state index in [1.807, 2.05) is 21.9 Å². The van der Waals surface area contributed by atoms with Gasteiger partial charge in [-0.15, -0.1) is 0 Å². The molecule has 2 rings (SSSR count). The second-order valence-corrected chi connectivity index (χ2v) is 5.95. The summed E-state index contributed by atoms with van der Waals surface area (Å²) in [4.78, 5) is 27.7. The van der Waals surface area contributed by atoms with Crippen LogP contribution in [0.2, 0.25) is 0 Å². The van der Waals surface area contributed by atoms with Crippen molar-refractivity contribution in [2.24, 2.45) is 0 Å². The standard InChI is InChI=1S/C18H26N2O2/c1-3-4-6-16-7-9-17(10-8-16)18(22)20-12-5-11-19(13-14-20)15(2)21/h7-10H,3-6,11-14H2,1-2H3. The van der Waals surface area contributed by atoms with Crippen LogP contribution in [0.15, 0.2) is 24.3 Å². The summed E-state index contributed by atoms with van der Waals surface area (Å²) >= 11 is 0. The highest BCUT2D eigenvalue weighted by Gasteiger charge is 2.21. The van der Waals surface area contributed by atoms with Crippen molar-refractivity contribution in [2.45, 2.75) is 39.5 Å². The van der Waals surface area contributed by atoms with Gasteiger partial charge < -0.3 is 9.80 Å². The van der Waals surface area contributed by atoms with Gasteiger partial charge in [-0.2, -0.15) is 0 Å². The van der Waals surface area contributed by atoms with Gasteiger partial charge in [-0.05, 0) is 37.0 Å². The predicted molar refractivity (Wildman–Crippen MR) is 87.8 cm³/mol. The fourth-order valence-corrected chi connectivity index (χ4v) is 2.81. The Labute approximate surface area is 133 Å². The average Bonchev–Trinajstić information content (AvgIpc) is 2.79. The molecular formula is C18H26N2O2. The van der Waals surface area contributed by atoms with E-state index in [4.69, 9.17) is 0 Å². The van der Waals surface area contributed by atoms with Gasteiger partial charge in [0.15, 0.2) is 0 Å². The molecule has 1 aromatic rings. The molecule has 120 valence electrons. The molecule has 22 heavy (non-hydrogen) atoms. The molecule has 0 aromatic heterocycles. The van der Waals surface area contributed by atoms with E-state index in [1.54, 1.807) is 6.92 Å². The number of unbranched alkanes of at least 4 members (excludes halogenated alkanes) is 1. The van der Waals surface area contributed by atoms with Crippen LogP contribution in [-0.2, 0) is 11.2 Å². The van der Waals surface area contributed by atoms with Gasteiger partial charge in [0, 0.05) is 38.7 Å². The molecule has 0 aliphatic carbocycles. The summed E-state index contributed by atoms with van der Waals surface area (Å²) in [5.74, 6) is 0.169. The van der Waals surface area contributed by atoms with Gasteiger partial charge in [0.05, 0.1) is 0 Å². The molecule has 0 spiro atoms. The summed E-state index contributed by atoms with van der Waals surface area (Å²) < 4.78 is 0. The van der Waals surface area contributed by atoms with Crippen molar-refractivity contribution in [3.8, 4) is 0 Å². The van der Waals surface area contributed by atoms with Crippen molar-refractivity contribution in [3.63, 3.8) is 0 Å². The Morgan fingerprint density at radius 2 is 1.64 bits per heavy atom. The third-order valence-corrected chi connectivity index (χ3v) is 4.25. The maximum Gasteiger partial charge on any atom is 0.253 e. The molecule has 0 bridgehead atoms. The third kappa shape index (κ3) is 4.33. The van der Waals surface area contributed by atoms with Crippen molar-refractivity contribution in [2.75, 3.05) is 26.2 Å². The summed E-state index contributed by atoms with van der Waals surface area (Å²) in [6, 6.07) is 7.98. The topological polar surface area (TPSA) is 40.6 Å². The zero-order valence-corrected chi connectivity index (χ0v) is 13.7. The molecule has 1 fully saturated rings. The fourth-order valence-electron chi connectivity index (χ4n) is 2.81. The molecule has 4 heteroatoms. The lowest BCUT2D eigenvalue weighted by atomic mass is 10.1. The smallest absolute Gasteiger partial charge is 0.253 e. The number of rotatable bonds is 4. The summed E-state index contributed by atoms with van der Waals surface area (Å²) in [6.45, 7) is 6.50. The second-order valence-electron chi connectivity index (χ2n) is 5.95. The van der Waals surface area contributed by atoms with Crippen LogP contribution in [0.1, 0.15) is 49.0 Å². The van der Waals surface area contributed by atoms with Crippen molar-refractivity contribution in [1.82, 2.24) is 9.80 Å². The van der Waals surface area contributed by atoms with Gasteiger partial charge in [-0.3, -0.25) is 9.59 Å². The third-order valence-electron chi connectivity index (χ3n) is 4.25.